The third kappa shape index (κ3) is 5.15. The minimum atomic E-state index is -0.340. The summed E-state index contributed by atoms with van der Waals surface area (Å²) in [5.74, 6) is 0.751. The van der Waals surface area contributed by atoms with Gasteiger partial charge in [0.05, 0.1) is 18.8 Å². The normalized spacial score (nSPS) is 15.6. The molecule has 1 unspecified atom stereocenters. The molecule has 1 saturated heterocycles. The number of piperazine rings is 1. The van der Waals surface area contributed by atoms with Gasteiger partial charge < -0.3 is 15.0 Å². The second-order valence-corrected chi connectivity index (χ2v) is 6.91. The van der Waals surface area contributed by atoms with E-state index in [9.17, 15) is 9.18 Å². The van der Waals surface area contributed by atoms with Gasteiger partial charge in [-0.2, -0.15) is 0 Å². The molecule has 166 valence electrons. The van der Waals surface area contributed by atoms with Gasteiger partial charge in [-0.3, -0.25) is 14.3 Å². The Balaban J connectivity index is 0.00000171. The molecule has 1 atom stereocenters. The van der Waals surface area contributed by atoms with Crippen molar-refractivity contribution >= 4 is 30.8 Å². The highest BCUT2D eigenvalue weighted by Crippen LogP contribution is 2.29. The van der Waals surface area contributed by atoms with E-state index in [0.717, 1.165) is 11.1 Å². The van der Waals surface area contributed by atoms with E-state index in [0.29, 0.717) is 37.0 Å². The standard InChI is InChI=1S/C21H22FN5O2.2ClH/c1-26-20(28)12-17(14-5-7-23-8-6-14)25-21(26)27-10-9-24-18(13-27)16-4-3-15(22)11-19(16)29-2;;/h3-8,11-12,18,24H,9-10,13H2,1-2H3;2*1H. The fourth-order valence-electron chi connectivity index (χ4n) is 3.59. The highest BCUT2D eigenvalue weighted by molar-refractivity contribution is 5.85. The van der Waals surface area contributed by atoms with Crippen molar-refractivity contribution < 1.29 is 9.13 Å². The van der Waals surface area contributed by atoms with Gasteiger partial charge in [-0.1, -0.05) is 6.07 Å². The maximum absolute atomic E-state index is 13.6. The molecular formula is C21H24Cl2FN5O2. The second kappa shape index (κ2) is 10.6. The summed E-state index contributed by atoms with van der Waals surface area (Å²) >= 11 is 0. The lowest BCUT2D eigenvalue weighted by molar-refractivity contribution is 0.387. The average molecular weight is 468 g/mol. The minimum absolute atomic E-state index is 0. The minimum Gasteiger partial charge on any atom is -0.496 e. The predicted octanol–water partition coefficient (Wildman–Crippen LogP) is 2.98. The second-order valence-electron chi connectivity index (χ2n) is 6.91. The number of benzene rings is 1. The molecule has 1 N–H and O–H groups in total. The molecule has 1 fully saturated rings. The summed E-state index contributed by atoms with van der Waals surface area (Å²) in [4.78, 5) is 23.4. The number of nitrogens with zero attached hydrogens (tertiary/aromatic N) is 4. The molecule has 0 radical (unpaired) electrons. The Morgan fingerprint density at radius 2 is 1.90 bits per heavy atom. The van der Waals surface area contributed by atoms with E-state index < -0.39 is 0 Å². The molecule has 3 heterocycles. The molecule has 7 nitrogen and oxygen atoms in total. The number of halogens is 3. The highest BCUT2D eigenvalue weighted by Gasteiger charge is 2.26. The zero-order valence-electron chi connectivity index (χ0n) is 17.1. The van der Waals surface area contributed by atoms with E-state index in [1.165, 1.54) is 25.3 Å². The summed E-state index contributed by atoms with van der Waals surface area (Å²) < 4.78 is 20.5. The van der Waals surface area contributed by atoms with Crippen LogP contribution in [0.15, 0.2) is 53.6 Å². The van der Waals surface area contributed by atoms with Crippen molar-refractivity contribution in [2.75, 3.05) is 31.6 Å². The van der Waals surface area contributed by atoms with Crippen LogP contribution in [0.2, 0.25) is 0 Å². The molecule has 4 rings (SSSR count). The first-order valence-electron chi connectivity index (χ1n) is 9.37. The quantitative estimate of drug-likeness (QED) is 0.635. The van der Waals surface area contributed by atoms with Crippen LogP contribution in [0.25, 0.3) is 11.3 Å². The van der Waals surface area contributed by atoms with Gasteiger partial charge in [-0.05, 0) is 18.2 Å². The lowest BCUT2D eigenvalue weighted by atomic mass is 10.0. The number of rotatable bonds is 4. The van der Waals surface area contributed by atoms with Crippen molar-refractivity contribution in [2.45, 2.75) is 6.04 Å². The van der Waals surface area contributed by atoms with Crippen LogP contribution in [0.1, 0.15) is 11.6 Å². The van der Waals surface area contributed by atoms with Crippen LogP contribution in [0, 0.1) is 5.82 Å². The van der Waals surface area contributed by atoms with E-state index in [1.54, 1.807) is 30.1 Å². The van der Waals surface area contributed by atoms with Gasteiger partial charge in [0.25, 0.3) is 5.56 Å². The molecule has 31 heavy (non-hydrogen) atoms. The van der Waals surface area contributed by atoms with Crippen molar-refractivity contribution in [2.24, 2.45) is 7.05 Å². The van der Waals surface area contributed by atoms with Gasteiger partial charge in [0.2, 0.25) is 5.95 Å². The number of aromatic nitrogens is 3. The lowest BCUT2D eigenvalue weighted by Gasteiger charge is -2.35. The Kier molecular flexibility index (Phi) is 8.38. The first-order chi connectivity index (χ1) is 14.1. The van der Waals surface area contributed by atoms with Gasteiger partial charge >= 0.3 is 0 Å². The average Bonchev–Trinajstić information content (AvgIpc) is 2.76. The van der Waals surface area contributed by atoms with E-state index >= 15 is 0 Å². The summed E-state index contributed by atoms with van der Waals surface area (Å²) in [6.45, 7) is 1.96. The molecule has 1 aliphatic heterocycles. The molecule has 0 spiro atoms. The summed E-state index contributed by atoms with van der Waals surface area (Å²) in [5, 5.41) is 3.44. The fraction of sp³-hybridized carbons (Fsp3) is 0.286. The maximum atomic E-state index is 13.6. The SMILES string of the molecule is COc1cc(F)ccc1C1CN(c2nc(-c3ccncc3)cc(=O)n2C)CCN1.Cl.Cl. The highest BCUT2D eigenvalue weighted by atomic mass is 35.5. The Bertz CT molecular complexity index is 1080. The van der Waals surface area contributed by atoms with E-state index in [2.05, 4.69) is 15.2 Å². The maximum Gasteiger partial charge on any atom is 0.255 e. The van der Waals surface area contributed by atoms with Crippen LogP contribution >= 0.6 is 24.8 Å². The van der Waals surface area contributed by atoms with Gasteiger partial charge in [-0.25, -0.2) is 9.37 Å². The molecule has 2 aromatic heterocycles. The first kappa shape index (κ1) is 24.6. The third-order valence-electron chi connectivity index (χ3n) is 5.12. The van der Waals surface area contributed by atoms with Crippen molar-refractivity contribution in [3.8, 4) is 17.0 Å². The molecule has 3 aromatic rings. The lowest BCUT2D eigenvalue weighted by Crippen LogP contribution is -2.47. The Hall–Kier alpha value is -2.68. The van der Waals surface area contributed by atoms with Crippen molar-refractivity contribution in [3.63, 3.8) is 0 Å². The zero-order chi connectivity index (χ0) is 20.4. The van der Waals surface area contributed by atoms with Crippen LogP contribution in [0.4, 0.5) is 10.3 Å². The molecule has 0 aliphatic carbocycles. The molecule has 1 aliphatic rings. The topological polar surface area (TPSA) is 72.3 Å². The Morgan fingerprint density at radius 3 is 2.61 bits per heavy atom. The van der Waals surface area contributed by atoms with Gasteiger partial charge in [-0.15, -0.1) is 24.8 Å². The third-order valence-corrected chi connectivity index (χ3v) is 5.12. The number of anilines is 1. The first-order valence-corrected chi connectivity index (χ1v) is 9.37. The van der Waals surface area contributed by atoms with Crippen LogP contribution < -0.4 is 20.5 Å². The molecule has 1 aromatic carbocycles. The molecule has 0 amide bonds. The van der Waals surface area contributed by atoms with Crippen molar-refractivity contribution in [3.05, 3.63) is 70.5 Å². The smallest absolute Gasteiger partial charge is 0.255 e. The largest absolute Gasteiger partial charge is 0.496 e. The molecule has 0 saturated carbocycles. The van der Waals surface area contributed by atoms with Crippen molar-refractivity contribution in [1.82, 2.24) is 19.9 Å². The molecule has 0 bridgehead atoms. The Labute approximate surface area is 192 Å². The summed E-state index contributed by atoms with van der Waals surface area (Å²) in [7, 11) is 3.25. The summed E-state index contributed by atoms with van der Waals surface area (Å²) in [6.07, 6.45) is 3.35. The number of hydrogen-bond donors (Lipinski definition) is 1. The zero-order valence-corrected chi connectivity index (χ0v) is 18.8. The van der Waals surface area contributed by atoms with Gasteiger partial charge in [0.1, 0.15) is 11.6 Å². The predicted molar refractivity (Wildman–Crippen MR) is 123 cm³/mol. The number of hydrogen-bond acceptors (Lipinski definition) is 6. The van der Waals surface area contributed by atoms with E-state index in [4.69, 9.17) is 9.72 Å². The monoisotopic (exact) mass is 467 g/mol. The molecule has 10 heteroatoms. The van der Waals surface area contributed by atoms with E-state index in [-0.39, 0.29) is 42.2 Å². The number of pyridine rings is 1. The number of ether oxygens (including phenoxy) is 1. The summed E-state index contributed by atoms with van der Waals surface area (Å²) in [6, 6.07) is 9.65. The van der Waals surface area contributed by atoms with Gasteiger partial charge in [0, 0.05) is 62.3 Å². The van der Waals surface area contributed by atoms with Crippen LogP contribution in [0.3, 0.4) is 0 Å². The molecular weight excluding hydrogens is 444 g/mol. The van der Waals surface area contributed by atoms with Crippen molar-refractivity contribution in [1.29, 1.82) is 0 Å². The van der Waals surface area contributed by atoms with E-state index in [1.807, 2.05) is 12.1 Å². The summed E-state index contributed by atoms with van der Waals surface area (Å²) in [5.41, 5.74) is 2.19. The number of methoxy groups -OCH3 is 1. The van der Waals surface area contributed by atoms with Crippen LogP contribution in [0.5, 0.6) is 5.75 Å². The van der Waals surface area contributed by atoms with Crippen LogP contribution in [-0.4, -0.2) is 41.3 Å². The van der Waals surface area contributed by atoms with Gasteiger partial charge in [0.15, 0.2) is 0 Å². The van der Waals surface area contributed by atoms with Crippen LogP contribution in [-0.2, 0) is 7.05 Å². The Morgan fingerprint density at radius 1 is 1.16 bits per heavy atom. The fourth-order valence-corrected chi connectivity index (χ4v) is 3.59. The number of nitrogens with one attached hydrogen (secondary N) is 1.